The largest absolute Gasteiger partial charge is 0.352 e. The Morgan fingerprint density at radius 3 is 2.41 bits per heavy atom. The lowest BCUT2D eigenvalue weighted by Crippen LogP contribution is -2.47. The van der Waals surface area contributed by atoms with Crippen molar-refractivity contribution in [2.75, 3.05) is 33.7 Å². The quantitative estimate of drug-likeness (QED) is 0.599. The van der Waals surface area contributed by atoms with Crippen LogP contribution in [0.25, 0.3) is 0 Å². The Balaban J connectivity index is 2.36. The second-order valence-corrected chi connectivity index (χ2v) is 10.2. The Kier molecular flexibility index (Phi) is 9.94. The van der Waals surface area contributed by atoms with Crippen molar-refractivity contribution in [3.8, 4) is 0 Å². The average molecular weight is 447 g/mol. The minimum Gasteiger partial charge on any atom is -0.352 e. The summed E-state index contributed by atoms with van der Waals surface area (Å²) in [6.45, 7) is 11.0. The van der Waals surface area contributed by atoms with Crippen LogP contribution in [0, 0.1) is 11.8 Å². The van der Waals surface area contributed by atoms with Gasteiger partial charge in [0.15, 0.2) is 0 Å². The van der Waals surface area contributed by atoms with Gasteiger partial charge in [0.1, 0.15) is 11.1 Å². The second kappa shape index (κ2) is 12.2. The SMILES string of the molecule is CC(C)CCNC(=O)c1cn(CC(C)C)cc(C(=O)N2CCCCC2CCN(C)C)c1=O. The maximum absolute atomic E-state index is 13.6. The van der Waals surface area contributed by atoms with Crippen molar-refractivity contribution in [3.05, 3.63) is 33.7 Å². The van der Waals surface area contributed by atoms with Gasteiger partial charge in [-0.15, -0.1) is 0 Å². The molecule has 1 N–H and O–H groups in total. The smallest absolute Gasteiger partial charge is 0.259 e. The monoisotopic (exact) mass is 446 g/mol. The first-order valence-corrected chi connectivity index (χ1v) is 12.1. The van der Waals surface area contributed by atoms with E-state index in [2.05, 4.69) is 37.9 Å². The van der Waals surface area contributed by atoms with Gasteiger partial charge >= 0.3 is 0 Å². The summed E-state index contributed by atoms with van der Waals surface area (Å²) < 4.78 is 1.83. The maximum atomic E-state index is 13.6. The third-order valence-electron chi connectivity index (χ3n) is 5.93. The molecular weight excluding hydrogens is 404 g/mol. The van der Waals surface area contributed by atoms with Crippen molar-refractivity contribution >= 4 is 11.8 Å². The molecule has 7 nitrogen and oxygen atoms in total. The first-order valence-electron chi connectivity index (χ1n) is 12.1. The molecular formula is C25H42N4O3. The maximum Gasteiger partial charge on any atom is 0.259 e. The number of carbonyl (C=O) groups excluding carboxylic acids is 2. The average Bonchev–Trinajstić information content (AvgIpc) is 2.72. The van der Waals surface area contributed by atoms with Gasteiger partial charge in [0.2, 0.25) is 5.43 Å². The number of carbonyl (C=O) groups is 2. The second-order valence-electron chi connectivity index (χ2n) is 10.2. The van der Waals surface area contributed by atoms with E-state index >= 15 is 0 Å². The standard InChI is InChI=1S/C25H42N4O3/c1-18(2)10-12-26-24(31)21-16-28(15-19(3)4)17-22(23(21)30)25(32)29-13-8-7-9-20(29)11-14-27(5)6/h16-20H,7-15H2,1-6H3,(H,26,31). The summed E-state index contributed by atoms with van der Waals surface area (Å²) in [6, 6.07) is 0.125. The minimum atomic E-state index is -0.464. The van der Waals surface area contributed by atoms with Gasteiger partial charge in [-0.1, -0.05) is 27.7 Å². The minimum absolute atomic E-state index is 0.0575. The predicted molar refractivity (Wildman–Crippen MR) is 129 cm³/mol. The molecule has 1 saturated heterocycles. The summed E-state index contributed by atoms with van der Waals surface area (Å²) in [4.78, 5) is 43.6. The Morgan fingerprint density at radius 2 is 1.78 bits per heavy atom. The Morgan fingerprint density at radius 1 is 1.09 bits per heavy atom. The number of hydrogen-bond donors (Lipinski definition) is 1. The highest BCUT2D eigenvalue weighted by Gasteiger charge is 2.30. The first kappa shape index (κ1) is 26.1. The van der Waals surface area contributed by atoms with Gasteiger partial charge in [0.25, 0.3) is 11.8 Å². The third kappa shape index (κ3) is 7.47. The fraction of sp³-hybridized carbons (Fsp3) is 0.720. The van der Waals surface area contributed by atoms with Gasteiger partial charge in [-0.2, -0.15) is 0 Å². The molecule has 2 rings (SSSR count). The van der Waals surface area contributed by atoms with Crippen molar-refractivity contribution in [2.24, 2.45) is 11.8 Å². The van der Waals surface area contributed by atoms with Crippen LogP contribution in [0.4, 0.5) is 0 Å². The van der Waals surface area contributed by atoms with E-state index in [0.717, 1.165) is 38.6 Å². The normalized spacial score (nSPS) is 16.8. The fourth-order valence-electron chi connectivity index (χ4n) is 4.17. The van der Waals surface area contributed by atoms with Crippen LogP contribution in [0.1, 0.15) is 80.5 Å². The molecule has 0 spiro atoms. The number of pyridine rings is 1. The van der Waals surface area contributed by atoms with Crippen LogP contribution in [-0.4, -0.2) is 66.0 Å². The molecule has 1 aromatic heterocycles. The van der Waals surface area contributed by atoms with Gasteiger partial charge in [-0.3, -0.25) is 14.4 Å². The number of amides is 2. The summed E-state index contributed by atoms with van der Waals surface area (Å²) in [5.41, 5.74) is -0.296. The number of likely N-dealkylation sites (tertiary alicyclic amines) is 1. The molecule has 0 bridgehead atoms. The zero-order valence-corrected chi connectivity index (χ0v) is 20.8. The van der Waals surface area contributed by atoms with Gasteiger partial charge in [0, 0.05) is 38.1 Å². The number of nitrogens with zero attached hydrogens (tertiary/aromatic N) is 3. The number of hydrogen-bond acceptors (Lipinski definition) is 4. The molecule has 32 heavy (non-hydrogen) atoms. The van der Waals surface area contributed by atoms with E-state index in [1.54, 1.807) is 12.4 Å². The van der Waals surface area contributed by atoms with Gasteiger partial charge < -0.3 is 19.7 Å². The lowest BCUT2D eigenvalue weighted by atomic mass is 9.97. The van der Waals surface area contributed by atoms with Gasteiger partial charge in [0.05, 0.1) is 0 Å². The van der Waals surface area contributed by atoms with Crippen molar-refractivity contribution < 1.29 is 9.59 Å². The zero-order valence-electron chi connectivity index (χ0n) is 20.8. The highest BCUT2D eigenvalue weighted by molar-refractivity contribution is 5.99. The molecule has 1 aliphatic heterocycles. The van der Waals surface area contributed by atoms with Crippen LogP contribution >= 0.6 is 0 Å². The molecule has 0 aliphatic carbocycles. The molecule has 7 heteroatoms. The van der Waals surface area contributed by atoms with E-state index in [1.165, 1.54) is 0 Å². The topological polar surface area (TPSA) is 74.7 Å². The Hall–Kier alpha value is -2.15. The molecule has 0 aromatic carbocycles. The van der Waals surface area contributed by atoms with E-state index in [4.69, 9.17) is 0 Å². The van der Waals surface area contributed by atoms with E-state index in [-0.39, 0.29) is 23.1 Å². The van der Waals surface area contributed by atoms with Crippen molar-refractivity contribution in [1.82, 2.24) is 19.7 Å². The van der Waals surface area contributed by atoms with Crippen molar-refractivity contribution in [1.29, 1.82) is 0 Å². The molecule has 0 radical (unpaired) electrons. The number of aromatic nitrogens is 1. The van der Waals surface area contributed by atoms with E-state index in [0.29, 0.717) is 31.5 Å². The molecule has 2 heterocycles. The van der Waals surface area contributed by atoms with Crippen LogP contribution in [-0.2, 0) is 6.54 Å². The summed E-state index contributed by atoms with van der Waals surface area (Å²) in [5.74, 6) is 0.137. The lowest BCUT2D eigenvalue weighted by molar-refractivity contribution is 0.0589. The first-order chi connectivity index (χ1) is 15.1. The zero-order chi connectivity index (χ0) is 23.8. The van der Waals surface area contributed by atoms with Crippen molar-refractivity contribution in [2.45, 2.75) is 72.4 Å². The number of nitrogens with one attached hydrogen (secondary N) is 1. The molecule has 180 valence electrons. The summed E-state index contributed by atoms with van der Waals surface area (Å²) >= 11 is 0. The van der Waals surface area contributed by atoms with Crippen LogP contribution in [0.3, 0.4) is 0 Å². The Labute approximate surface area is 193 Å². The molecule has 2 amide bonds. The molecule has 1 fully saturated rings. The van der Waals surface area contributed by atoms with Crippen LogP contribution in [0.5, 0.6) is 0 Å². The molecule has 0 saturated carbocycles. The van der Waals surface area contributed by atoms with E-state index in [9.17, 15) is 14.4 Å². The van der Waals surface area contributed by atoms with E-state index in [1.807, 2.05) is 23.6 Å². The summed E-state index contributed by atoms with van der Waals surface area (Å²) in [6.07, 6.45) is 7.96. The number of piperidine rings is 1. The molecule has 1 atom stereocenters. The summed E-state index contributed by atoms with van der Waals surface area (Å²) in [7, 11) is 4.06. The van der Waals surface area contributed by atoms with Crippen molar-refractivity contribution in [3.63, 3.8) is 0 Å². The van der Waals surface area contributed by atoms with Gasteiger partial charge in [-0.25, -0.2) is 0 Å². The lowest BCUT2D eigenvalue weighted by Gasteiger charge is -2.36. The Bertz CT molecular complexity index is 829. The predicted octanol–water partition coefficient (Wildman–Crippen LogP) is 3.23. The fourth-order valence-corrected chi connectivity index (χ4v) is 4.17. The van der Waals surface area contributed by atoms with Crippen LogP contribution in [0.2, 0.25) is 0 Å². The highest BCUT2D eigenvalue weighted by Crippen LogP contribution is 2.22. The highest BCUT2D eigenvalue weighted by atomic mass is 16.2. The van der Waals surface area contributed by atoms with Crippen LogP contribution in [0.15, 0.2) is 17.2 Å². The summed E-state index contributed by atoms with van der Waals surface area (Å²) in [5, 5.41) is 2.86. The van der Waals surface area contributed by atoms with E-state index < -0.39 is 11.3 Å². The van der Waals surface area contributed by atoms with Crippen LogP contribution < -0.4 is 10.7 Å². The van der Waals surface area contributed by atoms with Gasteiger partial charge in [-0.05, 0) is 64.6 Å². The third-order valence-corrected chi connectivity index (χ3v) is 5.93. The number of rotatable bonds is 10. The molecule has 1 aromatic rings. The molecule has 1 aliphatic rings. The molecule has 1 unspecified atom stereocenters.